The van der Waals surface area contributed by atoms with Gasteiger partial charge >= 0.3 is 0 Å². The SMILES string of the molecule is CCNC(CN(C)C1CCCCC1)c1cccc(F)c1F. The molecule has 1 aromatic rings. The van der Waals surface area contributed by atoms with E-state index < -0.39 is 11.6 Å². The molecule has 118 valence electrons. The van der Waals surface area contributed by atoms with Crippen LogP contribution in [0.1, 0.15) is 50.6 Å². The van der Waals surface area contributed by atoms with E-state index in [4.69, 9.17) is 0 Å². The molecular weight excluding hydrogens is 270 g/mol. The van der Waals surface area contributed by atoms with Gasteiger partial charge < -0.3 is 10.2 Å². The van der Waals surface area contributed by atoms with Crippen molar-refractivity contribution in [3.63, 3.8) is 0 Å². The number of rotatable bonds is 6. The molecule has 1 N–H and O–H groups in total. The van der Waals surface area contributed by atoms with Gasteiger partial charge in [-0.05, 0) is 32.5 Å². The average Bonchev–Trinajstić information content (AvgIpc) is 2.50. The third-order valence-electron chi connectivity index (χ3n) is 4.48. The smallest absolute Gasteiger partial charge is 0.163 e. The second-order valence-electron chi connectivity index (χ2n) is 5.98. The molecule has 21 heavy (non-hydrogen) atoms. The molecule has 1 aromatic carbocycles. The van der Waals surface area contributed by atoms with Gasteiger partial charge in [0.25, 0.3) is 0 Å². The van der Waals surface area contributed by atoms with Gasteiger partial charge in [0.1, 0.15) is 0 Å². The minimum Gasteiger partial charge on any atom is -0.309 e. The van der Waals surface area contributed by atoms with Crippen LogP contribution < -0.4 is 5.32 Å². The summed E-state index contributed by atoms with van der Waals surface area (Å²) < 4.78 is 27.5. The van der Waals surface area contributed by atoms with E-state index in [1.54, 1.807) is 12.1 Å². The lowest BCUT2D eigenvalue weighted by Crippen LogP contribution is -2.40. The highest BCUT2D eigenvalue weighted by Gasteiger charge is 2.23. The Bertz CT molecular complexity index is 444. The zero-order valence-corrected chi connectivity index (χ0v) is 13.0. The Hall–Kier alpha value is -1.00. The van der Waals surface area contributed by atoms with Crippen LogP contribution in [0.4, 0.5) is 8.78 Å². The number of hydrogen-bond donors (Lipinski definition) is 1. The lowest BCUT2D eigenvalue weighted by atomic mass is 9.94. The van der Waals surface area contributed by atoms with Crippen LogP contribution in [-0.2, 0) is 0 Å². The summed E-state index contributed by atoms with van der Waals surface area (Å²) in [4.78, 5) is 2.30. The summed E-state index contributed by atoms with van der Waals surface area (Å²) >= 11 is 0. The van der Waals surface area contributed by atoms with E-state index in [1.807, 2.05) is 6.92 Å². The largest absolute Gasteiger partial charge is 0.309 e. The van der Waals surface area contributed by atoms with Gasteiger partial charge in [0.2, 0.25) is 0 Å². The van der Waals surface area contributed by atoms with Crippen molar-refractivity contribution in [3.05, 3.63) is 35.4 Å². The third kappa shape index (κ3) is 4.24. The van der Waals surface area contributed by atoms with E-state index in [-0.39, 0.29) is 6.04 Å². The quantitative estimate of drug-likeness (QED) is 0.857. The maximum Gasteiger partial charge on any atom is 0.163 e. The van der Waals surface area contributed by atoms with Crippen molar-refractivity contribution in [2.45, 2.75) is 51.1 Å². The predicted octanol–water partition coefficient (Wildman–Crippen LogP) is 3.88. The fourth-order valence-corrected chi connectivity index (χ4v) is 3.27. The molecule has 1 saturated carbocycles. The molecule has 0 aromatic heterocycles. The second-order valence-corrected chi connectivity index (χ2v) is 5.98. The lowest BCUT2D eigenvalue weighted by molar-refractivity contribution is 0.173. The number of nitrogens with zero attached hydrogens (tertiary/aromatic N) is 1. The van der Waals surface area contributed by atoms with E-state index in [0.717, 1.165) is 6.54 Å². The van der Waals surface area contributed by atoms with Crippen molar-refractivity contribution in [2.75, 3.05) is 20.1 Å². The zero-order chi connectivity index (χ0) is 15.2. The van der Waals surface area contributed by atoms with Crippen molar-refractivity contribution in [2.24, 2.45) is 0 Å². The van der Waals surface area contributed by atoms with Crippen LogP contribution in [0, 0.1) is 11.6 Å². The first kappa shape index (κ1) is 16.4. The van der Waals surface area contributed by atoms with Gasteiger partial charge in [0, 0.05) is 24.2 Å². The van der Waals surface area contributed by atoms with E-state index in [0.29, 0.717) is 18.2 Å². The molecule has 1 unspecified atom stereocenters. The molecule has 0 amide bonds. The first-order valence-electron chi connectivity index (χ1n) is 8.01. The van der Waals surface area contributed by atoms with E-state index in [9.17, 15) is 8.78 Å². The third-order valence-corrected chi connectivity index (χ3v) is 4.48. The van der Waals surface area contributed by atoms with Crippen LogP contribution in [0.3, 0.4) is 0 Å². The van der Waals surface area contributed by atoms with Crippen LogP contribution in [0.15, 0.2) is 18.2 Å². The van der Waals surface area contributed by atoms with Gasteiger partial charge in [-0.1, -0.05) is 38.3 Å². The Balaban J connectivity index is 2.09. The lowest BCUT2D eigenvalue weighted by Gasteiger charge is -2.34. The topological polar surface area (TPSA) is 15.3 Å². The highest BCUT2D eigenvalue weighted by atomic mass is 19.2. The summed E-state index contributed by atoms with van der Waals surface area (Å²) in [5.74, 6) is -1.49. The summed E-state index contributed by atoms with van der Waals surface area (Å²) in [6, 6.07) is 4.83. The maximum atomic E-state index is 14.0. The monoisotopic (exact) mass is 296 g/mol. The molecule has 1 fully saturated rings. The van der Waals surface area contributed by atoms with Crippen LogP contribution in [-0.4, -0.2) is 31.1 Å². The van der Waals surface area contributed by atoms with E-state index in [1.165, 1.54) is 38.2 Å². The molecule has 4 heteroatoms. The van der Waals surface area contributed by atoms with Gasteiger partial charge in [0.15, 0.2) is 11.6 Å². The summed E-state index contributed by atoms with van der Waals surface area (Å²) in [7, 11) is 2.09. The van der Waals surface area contributed by atoms with E-state index >= 15 is 0 Å². The van der Waals surface area contributed by atoms with Gasteiger partial charge in [-0.25, -0.2) is 8.78 Å². The molecule has 1 aliphatic rings. The van der Waals surface area contributed by atoms with Crippen molar-refractivity contribution in [1.29, 1.82) is 0 Å². The number of nitrogens with one attached hydrogen (secondary N) is 1. The van der Waals surface area contributed by atoms with Crippen molar-refractivity contribution < 1.29 is 8.78 Å². The number of likely N-dealkylation sites (N-methyl/N-ethyl adjacent to an activating group) is 2. The minimum absolute atomic E-state index is 0.169. The molecule has 0 saturated heterocycles. The Kier molecular flexibility index (Phi) is 6.12. The molecule has 2 nitrogen and oxygen atoms in total. The molecule has 1 aliphatic carbocycles. The first-order valence-corrected chi connectivity index (χ1v) is 8.01. The molecular formula is C17H26F2N2. The van der Waals surface area contributed by atoms with Crippen LogP contribution in [0.25, 0.3) is 0 Å². The fraction of sp³-hybridized carbons (Fsp3) is 0.647. The molecule has 0 heterocycles. The highest BCUT2D eigenvalue weighted by Crippen LogP contribution is 2.25. The first-order chi connectivity index (χ1) is 10.1. The Morgan fingerprint density at radius 3 is 2.62 bits per heavy atom. The normalized spacial score (nSPS) is 18.1. The molecule has 0 radical (unpaired) electrons. The number of halogens is 2. The van der Waals surface area contributed by atoms with Gasteiger partial charge in [-0.3, -0.25) is 0 Å². The minimum atomic E-state index is -0.768. The molecule has 0 aliphatic heterocycles. The fourth-order valence-electron chi connectivity index (χ4n) is 3.27. The summed E-state index contributed by atoms with van der Waals surface area (Å²) in [5.41, 5.74) is 0.430. The van der Waals surface area contributed by atoms with Crippen molar-refractivity contribution in [1.82, 2.24) is 10.2 Å². The van der Waals surface area contributed by atoms with Crippen LogP contribution in [0.5, 0.6) is 0 Å². The Morgan fingerprint density at radius 2 is 1.95 bits per heavy atom. The van der Waals surface area contributed by atoms with Gasteiger partial charge in [0.05, 0.1) is 0 Å². The molecule has 0 bridgehead atoms. The summed E-state index contributed by atoms with van der Waals surface area (Å²) in [5, 5.41) is 3.29. The second kappa shape index (κ2) is 7.85. The predicted molar refractivity (Wildman–Crippen MR) is 82.3 cm³/mol. The number of benzene rings is 1. The zero-order valence-electron chi connectivity index (χ0n) is 13.0. The maximum absolute atomic E-state index is 14.0. The molecule has 1 atom stereocenters. The summed E-state index contributed by atoms with van der Waals surface area (Å²) in [6.07, 6.45) is 6.28. The van der Waals surface area contributed by atoms with Gasteiger partial charge in [-0.15, -0.1) is 0 Å². The van der Waals surface area contributed by atoms with E-state index in [2.05, 4.69) is 17.3 Å². The standard InChI is InChI=1S/C17H26F2N2/c1-3-20-16(14-10-7-11-15(18)17(14)19)12-21(2)13-8-5-4-6-9-13/h7,10-11,13,16,20H,3-6,8-9,12H2,1-2H3. The summed E-state index contributed by atoms with van der Waals surface area (Å²) in [6.45, 7) is 3.43. The number of hydrogen-bond acceptors (Lipinski definition) is 2. The Labute approximate surface area is 126 Å². The molecule has 2 rings (SSSR count). The highest BCUT2D eigenvalue weighted by molar-refractivity contribution is 5.23. The molecule has 0 spiro atoms. The average molecular weight is 296 g/mol. The van der Waals surface area contributed by atoms with Gasteiger partial charge in [-0.2, -0.15) is 0 Å². The van der Waals surface area contributed by atoms with Crippen molar-refractivity contribution >= 4 is 0 Å². The Morgan fingerprint density at radius 1 is 1.24 bits per heavy atom. The van der Waals surface area contributed by atoms with Crippen LogP contribution >= 0.6 is 0 Å². The van der Waals surface area contributed by atoms with Crippen LogP contribution in [0.2, 0.25) is 0 Å². The van der Waals surface area contributed by atoms with Crippen molar-refractivity contribution in [3.8, 4) is 0 Å².